The van der Waals surface area contributed by atoms with E-state index in [0.29, 0.717) is 28.7 Å². The third-order valence-electron chi connectivity index (χ3n) is 8.36. The summed E-state index contributed by atoms with van der Waals surface area (Å²) >= 11 is 0. The number of aromatic nitrogens is 2. The van der Waals surface area contributed by atoms with Gasteiger partial charge in [-0.25, -0.2) is 9.59 Å². The van der Waals surface area contributed by atoms with E-state index in [1.54, 1.807) is 36.7 Å². The number of benzene rings is 1. The van der Waals surface area contributed by atoms with Gasteiger partial charge in [0.2, 0.25) is 0 Å². The topological polar surface area (TPSA) is 90.9 Å². The number of halogens is 1. The number of rotatable bonds is 4. The van der Waals surface area contributed by atoms with Gasteiger partial charge in [-0.3, -0.25) is 9.97 Å². The van der Waals surface area contributed by atoms with Gasteiger partial charge in [0.05, 0.1) is 11.1 Å². The summed E-state index contributed by atoms with van der Waals surface area (Å²) in [4.78, 5) is 36.4. The van der Waals surface area contributed by atoms with E-state index in [1.807, 2.05) is 12.1 Å². The number of hydrogen-bond donors (Lipinski definition) is 0. The van der Waals surface area contributed by atoms with Gasteiger partial charge >= 0.3 is 13.4 Å². The van der Waals surface area contributed by atoms with Crippen molar-refractivity contribution in [1.82, 2.24) is 14.9 Å². The second-order valence-corrected chi connectivity index (χ2v) is 10.2. The summed E-state index contributed by atoms with van der Waals surface area (Å²) in [5.74, 6) is 0.221. The van der Waals surface area contributed by atoms with Gasteiger partial charge in [0, 0.05) is 47.7 Å². The SMILES string of the molecule is CN1CC[C@]23c4c5ccc(OC(=O)c6cccnc6)c4O[C@H]2[C@@H](OC(=O)c2cccnc2)C=C[C@H]3[C@H]1C5.[Cl-].[H+]. The van der Waals surface area contributed by atoms with Crippen LogP contribution in [0.5, 0.6) is 11.5 Å². The van der Waals surface area contributed by atoms with Crippen molar-refractivity contribution in [1.29, 1.82) is 0 Å². The quantitative estimate of drug-likeness (QED) is 0.273. The highest BCUT2D eigenvalue weighted by molar-refractivity contribution is 5.91. The van der Waals surface area contributed by atoms with Crippen LogP contribution in [-0.2, 0) is 16.6 Å². The van der Waals surface area contributed by atoms with Crippen LogP contribution in [0, 0.1) is 5.92 Å². The fraction of sp³-hybridized carbons (Fsp3) is 0.310. The molecule has 194 valence electrons. The molecule has 7 rings (SSSR count). The van der Waals surface area contributed by atoms with E-state index in [1.165, 1.54) is 18.0 Å². The molecule has 4 aliphatic rings. The average molecular weight is 532 g/mol. The molecule has 0 unspecified atom stereocenters. The predicted molar refractivity (Wildman–Crippen MR) is 134 cm³/mol. The summed E-state index contributed by atoms with van der Waals surface area (Å²) in [6, 6.07) is 10.9. The lowest BCUT2D eigenvalue weighted by Gasteiger charge is -2.56. The zero-order valence-corrected chi connectivity index (χ0v) is 21.4. The highest BCUT2D eigenvalue weighted by Gasteiger charge is 2.65. The molecule has 2 aliphatic heterocycles. The van der Waals surface area contributed by atoms with E-state index in [0.717, 1.165) is 24.9 Å². The van der Waals surface area contributed by atoms with Crippen LogP contribution in [0.3, 0.4) is 0 Å². The first-order valence-electron chi connectivity index (χ1n) is 12.5. The second kappa shape index (κ2) is 9.22. The fourth-order valence-corrected chi connectivity index (χ4v) is 6.71. The molecule has 2 aromatic heterocycles. The van der Waals surface area contributed by atoms with Gasteiger partial charge in [-0.05, 0) is 68.4 Å². The molecule has 5 atom stereocenters. The largest absolute Gasteiger partial charge is 1.00 e. The Hall–Kier alpha value is -3.75. The molecule has 3 aromatic rings. The monoisotopic (exact) mass is 531 g/mol. The number of carbonyl (C=O) groups excluding carboxylic acids is 2. The van der Waals surface area contributed by atoms with Crippen molar-refractivity contribution in [3.8, 4) is 11.5 Å². The van der Waals surface area contributed by atoms with Crippen molar-refractivity contribution in [3.63, 3.8) is 0 Å². The van der Waals surface area contributed by atoms with E-state index < -0.39 is 24.1 Å². The molecule has 0 radical (unpaired) electrons. The molecule has 1 fully saturated rings. The molecule has 9 heteroatoms. The molecule has 0 amide bonds. The van der Waals surface area contributed by atoms with E-state index in [4.69, 9.17) is 14.2 Å². The molecule has 2 aliphatic carbocycles. The number of nitrogens with zero attached hydrogens (tertiary/aromatic N) is 3. The molecule has 0 saturated carbocycles. The minimum absolute atomic E-state index is 0. The molecule has 1 saturated heterocycles. The van der Waals surface area contributed by atoms with Gasteiger partial charge in [0.1, 0.15) is 6.10 Å². The van der Waals surface area contributed by atoms with Gasteiger partial charge in [0.25, 0.3) is 0 Å². The maximum atomic E-state index is 13.0. The highest BCUT2D eigenvalue weighted by Crippen LogP contribution is 2.62. The van der Waals surface area contributed by atoms with Crippen LogP contribution < -0.4 is 21.9 Å². The maximum absolute atomic E-state index is 13.0. The number of ether oxygens (including phenoxy) is 3. The Kier molecular flexibility index (Phi) is 5.96. The van der Waals surface area contributed by atoms with Crippen molar-refractivity contribution >= 4 is 11.9 Å². The lowest BCUT2D eigenvalue weighted by atomic mass is 9.53. The summed E-state index contributed by atoms with van der Waals surface area (Å²) in [7, 11) is 2.17. The minimum atomic E-state index is -0.590. The Labute approximate surface area is 227 Å². The molecular weight excluding hydrogens is 506 g/mol. The van der Waals surface area contributed by atoms with Crippen LogP contribution in [0.4, 0.5) is 0 Å². The highest BCUT2D eigenvalue weighted by atomic mass is 35.5. The molecule has 1 spiro atoms. The van der Waals surface area contributed by atoms with E-state index in [-0.39, 0.29) is 25.2 Å². The van der Waals surface area contributed by atoms with Crippen molar-refractivity contribution in [3.05, 3.63) is 95.6 Å². The van der Waals surface area contributed by atoms with E-state index in [2.05, 4.69) is 34.1 Å². The van der Waals surface area contributed by atoms with Crippen molar-refractivity contribution in [2.24, 2.45) is 5.92 Å². The van der Waals surface area contributed by atoms with Crippen LogP contribution >= 0.6 is 0 Å². The summed E-state index contributed by atoms with van der Waals surface area (Å²) in [6.07, 6.45) is 11.1. The Morgan fingerprint density at radius 2 is 1.79 bits per heavy atom. The number of likely N-dealkylation sites (N-methyl/N-ethyl adjacent to an activating group) is 1. The number of carbonyl (C=O) groups is 2. The Morgan fingerprint density at radius 3 is 2.50 bits per heavy atom. The summed E-state index contributed by atoms with van der Waals surface area (Å²) in [6.45, 7) is 0.900. The first-order chi connectivity index (χ1) is 18.1. The van der Waals surface area contributed by atoms with E-state index >= 15 is 0 Å². The number of hydrogen-bond acceptors (Lipinski definition) is 8. The molecule has 2 bridgehead atoms. The van der Waals surface area contributed by atoms with Crippen molar-refractivity contribution in [2.45, 2.75) is 36.5 Å². The molecule has 0 N–H and O–H groups in total. The van der Waals surface area contributed by atoms with Gasteiger partial charge in [-0.2, -0.15) is 0 Å². The normalized spacial score (nSPS) is 27.9. The van der Waals surface area contributed by atoms with Crippen molar-refractivity contribution in [2.75, 3.05) is 13.6 Å². The van der Waals surface area contributed by atoms with Gasteiger partial charge in [-0.1, -0.05) is 12.1 Å². The third-order valence-corrected chi connectivity index (χ3v) is 8.36. The molecule has 38 heavy (non-hydrogen) atoms. The minimum Gasteiger partial charge on any atom is -1.00 e. The Morgan fingerprint density at radius 1 is 1.05 bits per heavy atom. The zero-order valence-electron chi connectivity index (χ0n) is 21.6. The lowest BCUT2D eigenvalue weighted by molar-refractivity contribution is -0.0555. The summed E-state index contributed by atoms with van der Waals surface area (Å²) in [5, 5.41) is 0. The van der Waals surface area contributed by atoms with Crippen LogP contribution in [0.2, 0.25) is 0 Å². The Balaban J connectivity index is 0.00000154. The van der Waals surface area contributed by atoms with Crippen LogP contribution in [-0.4, -0.2) is 58.6 Å². The predicted octanol–water partition coefficient (Wildman–Crippen LogP) is 0.483. The smallest absolute Gasteiger partial charge is 1.00 e. The zero-order chi connectivity index (χ0) is 25.1. The Bertz CT molecular complexity index is 1440. The van der Waals surface area contributed by atoms with E-state index in [9.17, 15) is 9.59 Å². The maximum Gasteiger partial charge on any atom is 1.00 e. The molecule has 8 nitrogen and oxygen atoms in total. The number of likely N-dealkylation sites (tertiary alicyclic amines) is 1. The summed E-state index contributed by atoms with van der Waals surface area (Å²) in [5.41, 5.74) is 2.67. The molecular formula is C29H26ClN3O5. The molecule has 1 aromatic carbocycles. The molecule has 4 heterocycles. The number of piperidine rings is 1. The summed E-state index contributed by atoms with van der Waals surface area (Å²) < 4.78 is 18.5. The van der Waals surface area contributed by atoms with Gasteiger partial charge < -0.3 is 31.5 Å². The first-order valence-corrected chi connectivity index (χ1v) is 12.5. The first kappa shape index (κ1) is 24.6. The van der Waals surface area contributed by atoms with Crippen LogP contribution in [0.25, 0.3) is 0 Å². The van der Waals surface area contributed by atoms with Crippen LogP contribution in [0.15, 0.2) is 73.3 Å². The van der Waals surface area contributed by atoms with Crippen molar-refractivity contribution < 1.29 is 37.6 Å². The standard InChI is InChI=1S/C29H25N3O5.ClH/c1-32-13-10-29-20-7-9-23(36-28(34)19-5-3-12-31-16-19)26(29)37-25-22(8-6-17(24(25)29)14-21(20)32)35-27(33)18-4-2-11-30-15-18;/h2-9,11-12,15-16,20-21,23,26H,10,13-14H2,1H3;1H/t20-,21+,23-,26-,29-;/m0./s1. The fourth-order valence-electron chi connectivity index (χ4n) is 6.71. The lowest BCUT2D eigenvalue weighted by Crippen LogP contribution is -3.00. The van der Waals surface area contributed by atoms with Gasteiger partial charge in [0.15, 0.2) is 17.6 Å². The van der Waals surface area contributed by atoms with Gasteiger partial charge in [-0.15, -0.1) is 0 Å². The number of esters is 2. The second-order valence-electron chi connectivity index (χ2n) is 10.2. The van der Waals surface area contributed by atoms with Crippen LogP contribution in [0.1, 0.15) is 39.7 Å². The average Bonchev–Trinajstić information content (AvgIpc) is 3.29. The number of pyridine rings is 2. The third kappa shape index (κ3) is 3.55.